The number of hydrogen-bond donors (Lipinski definition) is 0. The van der Waals surface area contributed by atoms with Crippen LogP contribution in [0.15, 0.2) is 159 Å². The fourth-order valence-electron chi connectivity index (χ4n) is 7.09. The molecule has 0 aliphatic heterocycles. The second-order valence-corrected chi connectivity index (χ2v) is 12.7. The van der Waals surface area contributed by atoms with Gasteiger partial charge < -0.3 is 13.3 Å². The fourth-order valence-corrected chi connectivity index (χ4v) is 7.09. The first kappa shape index (κ1) is 27.8. The van der Waals surface area contributed by atoms with Gasteiger partial charge in [0, 0.05) is 49.9 Å². The van der Waals surface area contributed by atoms with Crippen LogP contribution in [0.3, 0.4) is 0 Å². The maximum absolute atomic E-state index is 6.43. The van der Waals surface area contributed by atoms with Crippen molar-refractivity contribution >= 4 is 65.7 Å². The van der Waals surface area contributed by atoms with Crippen molar-refractivity contribution in [3.05, 3.63) is 146 Å². The van der Waals surface area contributed by atoms with Gasteiger partial charge in [-0.25, -0.2) is 19.9 Å². The van der Waals surface area contributed by atoms with Crippen LogP contribution in [-0.4, -0.2) is 19.9 Å². The molecule has 0 saturated carbocycles. The number of furan rings is 2. The Kier molecular flexibility index (Phi) is 5.83. The second kappa shape index (κ2) is 10.7. The largest absolute Gasteiger partial charge is 0.456 e. The van der Waals surface area contributed by atoms with Crippen molar-refractivity contribution in [2.75, 3.05) is 0 Å². The molecule has 0 fully saturated rings. The summed E-state index contributed by atoms with van der Waals surface area (Å²) in [6, 6.07) is 48.5. The van der Waals surface area contributed by atoms with Gasteiger partial charge in [-0.05, 0) is 53.2 Å². The number of fused-ring (bicyclic) bond motifs is 8. The number of hydrogen-bond acceptors (Lipinski definition) is 7. The molecule has 11 aromatic rings. The van der Waals surface area contributed by atoms with Crippen molar-refractivity contribution in [3.8, 4) is 45.6 Å². The molecule has 7 nitrogen and oxygen atoms in total. The highest BCUT2D eigenvalue weighted by Crippen LogP contribution is 2.40. The van der Waals surface area contributed by atoms with E-state index in [-0.39, 0.29) is 0 Å². The molecule has 51 heavy (non-hydrogen) atoms. The molecular formula is C44H24N4O3. The summed E-state index contributed by atoms with van der Waals surface area (Å²) >= 11 is 0. The van der Waals surface area contributed by atoms with Gasteiger partial charge in [0.1, 0.15) is 27.8 Å². The number of aromatic nitrogens is 4. The molecule has 0 atom stereocenters. The quantitative estimate of drug-likeness (QED) is 0.186. The van der Waals surface area contributed by atoms with Gasteiger partial charge in [-0.15, -0.1) is 0 Å². The molecule has 0 spiro atoms. The van der Waals surface area contributed by atoms with Gasteiger partial charge in [0.25, 0.3) is 0 Å². The number of benzene rings is 7. The van der Waals surface area contributed by atoms with Crippen molar-refractivity contribution in [3.63, 3.8) is 0 Å². The first-order chi connectivity index (χ1) is 25.2. The summed E-state index contributed by atoms with van der Waals surface area (Å²) < 4.78 is 18.9. The van der Waals surface area contributed by atoms with Crippen LogP contribution in [0, 0.1) is 0 Å². The smallest absolute Gasteiger partial charge is 0.227 e. The predicted octanol–water partition coefficient (Wildman–Crippen LogP) is 11.6. The van der Waals surface area contributed by atoms with Crippen LogP contribution in [-0.2, 0) is 0 Å². The molecule has 4 heterocycles. The zero-order valence-corrected chi connectivity index (χ0v) is 26.9. The van der Waals surface area contributed by atoms with E-state index in [1.165, 1.54) is 5.39 Å². The van der Waals surface area contributed by atoms with Crippen LogP contribution in [0.1, 0.15) is 0 Å². The summed E-state index contributed by atoms with van der Waals surface area (Å²) in [4.78, 5) is 20.0. The first-order valence-corrected chi connectivity index (χ1v) is 16.7. The summed E-state index contributed by atoms with van der Waals surface area (Å²) in [7, 11) is 0. The van der Waals surface area contributed by atoms with Gasteiger partial charge in [-0.1, -0.05) is 97.1 Å². The van der Waals surface area contributed by atoms with E-state index in [0.717, 1.165) is 71.5 Å². The molecule has 0 unspecified atom stereocenters. The van der Waals surface area contributed by atoms with Crippen LogP contribution in [0.25, 0.3) is 111 Å². The summed E-state index contributed by atoms with van der Waals surface area (Å²) in [6.07, 6.45) is 0. The zero-order valence-electron chi connectivity index (χ0n) is 26.9. The van der Waals surface area contributed by atoms with E-state index in [1.807, 2.05) is 109 Å². The van der Waals surface area contributed by atoms with E-state index < -0.39 is 0 Å². The highest BCUT2D eigenvalue weighted by molar-refractivity contribution is 6.14. The van der Waals surface area contributed by atoms with E-state index in [2.05, 4.69) is 36.4 Å². The van der Waals surface area contributed by atoms with Gasteiger partial charge in [0.2, 0.25) is 5.89 Å². The number of rotatable bonds is 4. The average Bonchev–Trinajstić information content (AvgIpc) is 3.89. The van der Waals surface area contributed by atoms with Crippen molar-refractivity contribution < 1.29 is 13.3 Å². The fraction of sp³-hybridized carbons (Fsp3) is 0. The first-order valence-electron chi connectivity index (χ1n) is 16.7. The lowest BCUT2D eigenvalue weighted by molar-refractivity contribution is 0.617. The van der Waals surface area contributed by atoms with Crippen molar-refractivity contribution in [2.45, 2.75) is 0 Å². The molecule has 0 saturated heterocycles. The Labute approximate surface area is 289 Å². The van der Waals surface area contributed by atoms with Gasteiger partial charge in [-0.2, -0.15) is 0 Å². The topological polar surface area (TPSA) is 91.0 Å². The van der Waals surface area contributed by atoms with Crippen molar-refractivity contribution in [2.24, 2.45) is 0 Å². The Balaban J connectivity index is 1.09. The molecule has 238 valence electrons. The number of para-hydroxylation sites is 1. The van der Waals surface area contributed by atoms with E-state index in [9.17, 15) is 0 Å². The minimum atomic E-state index is 0.536. The Morgan fingerprint density at radius 1 is 0.353 bits per heavy atom. The SMILES string of the molecule is c1ccc(-c2nc(-c3ccc4c(c3)oc3ccccc34)nc(-c3cccc4oc5cc6oc(-c7ccc8ccccc8c7)nc6cc5c34)n2)cc1. The maximum atomic E-state index is 6.43. The summed E-state index contributed by atoms with van der Waals surface area (Å²) in [5.41, 5.74) is 7.89. The molecule has 11 rings (SSSR count). The van der Waals surface area contributed by atoms with Crippen LogP contribution in [0.4, 0.5) is 0 Å². The van der Waals surface area contributed by atoms with E-state index >= 15 is 0 Å². The third-order valence-electron chi connectivity index (χ3n) is 9.55. The average molecular weight is 657 g/mol. The second-order valence-electron chi connectivity index (χ2n) is 12.7. The normalized spacial score (nSPS) is 11.9. The monoisotopic (exact) mass is 656 g/mol. The Morgan fingerprint density at radius 2 is 1.06 bits per heavy atom. The molecule has 0 aliphatic rings. The highest BCUT2D eigenvalue weighted by atomic mass is 16.4. The standard InChI is InChI=1S/C44H24N4O3/c1-2-10-26(11-3-1)41-46-42(28-19-20-31-30-13-6-7-15-35(30)49-37(31)22-28)48-43(47-41)32-14-8-16-36-40(32)33-23-34-39(24-38(33)50-36)51-44(45-34)29-18-17-25-9-4-5-12-27(25)21-29/h1-24H. The van der Waals surface area contributed by atoms with Crippen LogP contribution < -0.4 is 0 Å². The Bertz CT molecular complexity index is 3160. The molecule has 4 aromatic heterocycles. The maximum Gasteiger partial charge on any atom is 0.227 e. The molecule has 0 aliphatic carbocycles. The number of oxazole rings is 1. The zero-order chi connectivity index (χ0) is 33.5. The van der Waals surface area contributed by atoms with E-state index in [4.69, 9.17) is 33.2 Å². The van der Waals surface area contributed by atoms with Crippen LogP contribution >= 0.6 is 0 Å². The number of nitrogens with zero attached hydrogens (tertiary/aromatic N) is 4. The van der Waals surface area contributed by atoms with E-state index in [0.29, 0.717) is 34.5 Å². The van der Waals surface area contributed by atoms with Gasteiger partial charge in [0.05, 0.1) is 0 Å². The minimum Gasteiger partial charge on any atom is -0.456 e. The van der Waals surface area contributed by atoms with Gasteiger partial charge in [-0.3, -0.25) is 0 Å². The molecule has 0 amide bonds. The van der Waals surface area contributed by atoms with Crippen molar-refractivity contribution in [1.29, 1.82) is 0 Å². The molecule has 7 aromatic carbocycles. The Morgan fingerprint density at radius 3 is 1.98 bits per heavy atom. The minimum absolute atomic E-state index is 0.536. The van der Waals surface area contributed by atoms with Crippen molar-refractivity contribution in [1.82, 2.24) is 19.9 Å². The molecule has 7 heteroatoms. The summed E-state index contributed by atoms with van der Waals surface area (Å²) in [6.45, 7) is 0. The Hall–Kier alpha value is -7.12. The van der Waals surface area contributed by atoms with Gasteiger partial charge in [0.15, 0.2) is 23.1 Å². The third-order valence-corrected chi connectivity index (χ3v) is 9.55. The predicted molar refractivity (Wildman–Crippen MR) is 201 cm³/mol. The van der Waals surface area contributed by atoms with Gasteiger partial charge >= 0.3 is 0 Å². The highest BCUT2D eigenvalue weighted by Gasteiger charge is 2.20. The summed E-state index contributed by atoms with van der Waals surface area (Å²) in [5, 5.41) is 6.22. The van der Waals surface area contributed by atoms with E-state index in [1.54, 1.807) is 0 Å². The summed E-state index contributed by atoms with van der Waals surface area (Å²) in [5.74, 6) is 2.21. The lowest BCUT2D eigenvalue weighted by Crippen LogP contribution is -2.00. The molecule has 0 radical (unpaired) electrons. The lowest BCUT2D eigenvalue weighted by atomic mass is 10.0. The molecule has 0 bridgehead atoms. The third kappa shape index (κ3) is 4.45. The van der Waals surface area contributed by atoms with Crippen LogP contribution in [0.5, 0.6) is 0 Å². The molecule has 0 N–H and O–H groups in total. The van der Waals surface area contributed by atoms with Crippen LogP contribution in [0.2, 0.25) is 0 Å². The lowest BCUT2D eigenvalue weighted by Gasteiger charge is -2.09. The molecular weight excluding hydrogens is 633 g/mol.